The molecule has 0 heterocycles. The fraction of sp³-hybridized carbons (Fsp3) is 0.300. The molecule has 5 heteroatoms. The minimum atomic E-state index is -0.446. The standard InChI is InChI=1S/C20H25N3O2/c1-2-3-13-21-20(25)23-19(24)15-22-18-12-8-7-11-17(18)14-16-9-5-4-6-10-16/h4-12,22H,2-3,13-15H2,1H3,(H2,21,23,24,25). The fourth-order valence-corrected chi connectivity index (χ4v) is 2.43. The van der Waals surface area contributed by atoms with Gasteiger partial charge < -0.3 is 10.6 Å². The molecule has 3 amide bonds. The van der Waals surface area contributed by atoms with E-state index in [2.05, 4.69) is 28.1 Å². The molecular weight excluding hydrogens is 314 g/mol. The van der Waals surface area contributed by atoms with Crippen LogP contribution in [0.2, 0.25) is 0 Å². The molecule has 0 atom stereocenters. The van der Waals surface area contributed by atoms with Crippen molar-refractivity contribution in [3.8, 4) is 0 Å². The number of hydrogen-bond donors (Lipinski definition) is 3. The highest BCUT2D eigenvalue weighted by molar-refractivity contribution is 5.96. The number of rotatable bonds is 8. The number of carbonyl (C=O) groups excluding carboxylic acids is 2. The van der Waals surface area contributed by atoms with Crippen LogP contribution in [-0.2, 0) is 11.2 Å². The number of imide groups is 1. The smallest absolute Gasteiger partial charge is 0.321 e. The number of anilines is 1. The van der Waals surface area contributed by atoms with Crippen molar-refractivity contribution in [1.82, 2.24) is 10.6 Å². The first kappa shape index (κ1) is 18.5. The quantitative estimate of drug-likeness (QED) is 0.646. The molecule has 0 saturated heterocycles. The average molecular weight is 339 g/mol. The first-order valence-electron chi connectivity index (χ1n) is 8.62. The van der Waals surface area contributed by atoms with E-state index >= 15 is 0 Å². The van der Waals surface area contributed by atoms with Crippen molar-refractivity contribution in [3.63, 3.8) is 0 Å². The van der Waals surface area contributed by atoms with E-state index in [0.29, 0.717) is 6.54 Å². The highest BCUT2D eigenvalue weighted by Crippen LogP contribution is 2.18. The molecule has 0 aliphatic carbocycles. The molecule has 3 N–H and O–H groups in total. The Morgan fingerprint density at radius 2 is 1.68 bits per heavy atom. The third-order valence-electron chi connectivity index (χ3n) is 3.76. The monoisotopic (exact) mass is 339 g/mol. The Morgan fingerprint density at radius 3 is 2.44 bits per heavy atom. The Bertz CT molecular complexity index is 686. The Kier molecular flexibility index (Phi) is 7.50. The van der Waals surface area contributed by atoms with E-state index in [9.17, 15) is 9.59 Å². The Labute approximate surface area is 148 Å². The molecule has 5 nitrogen and oxygen atoms in total. The van der Waals surface area contributed by atoms with Gasteiger partial charge in [0.2, 0.25) is 5.91 Å². The topological polar surface area (TPSA) is 70.2 Å². The molecule has 2 aromatic carbocycles. The maximum atomic E-state index is 11.9. The maximum absolute atomic E-state index is 11.9. The van der Waals surface area contributed by atoms with Gasteiger partial charge in [0.05, 0.1) is 6.54 Å². The number of para-hydroxylation sites is 1. The summed E-state index contributed by atoms with van der Waals surface area (Å²) in [5, 5.41) is 8.10. The number of benzene rings is 2. The second-order valence-electron chi connectivity index (χ2n) is 5.83. The number of urea groups is 1. The Morgan fingerprint density at radius 1 is 0.960 bits per heavy atom. The average Bonchev–Trinajstić information content (AvgIpc) is 2.62. The first-order valence-corrected chi connectivity index (χ1v) is 8.62. The van der Waals surface area contributed by atoms with E-state index in [1.807, 2.05) is 49.4 Å². The molecule has 132 valence electrons. The molecule has 0 fully saturated rings. The lowest BCUT2D eigenvalue weighted by molar-refractivity contribution is -0.118. The number of unbranched alkanes of at least 4 members (excludes halogenated alkanes) is 1. The number of nitrogens with one attached hydrogen (secondary N) is 3. The summed E-state index contributed by atoms with van der Waals surface area (Å²) >= 11 is 0. The largest absolute Gasteiger partial charge is 0.376 e. The molecule has 0 spiro atoms. The molecular formula is C20H25N3O2. The summed E-state index contributed by atoms with van der Waals surface area (Å²) in [7, 11) is 0. The molecule has 0 aliphatic heterocycles. The lowest BCUT2D eigenvalue weighted by Gasteiger charge is -2.12. The van der Waals surface area contributed by atoms with Crippen LogP contribution < -0.4 is 16.0 Å². The molecule has 0 unspecified atom stereocenters. The predicted octanol–water partition coefficient (Wildman–Crippen LogP) is 3.32. The number of amides is 3. The van der Waals surface area contributed by atoms with E-state index in [1.165, 1.54) is 5.56 Å². The van der Waals surface area contributed by atoms with Crippen LogP contribution >= 0.6 is 0 Å². The first-order chi connectivity index (χ1) is 12.2. The number of carbonyl (C=O) groups is 2. The van der Waals surface area contributed by atoms with Crippen LogP contribution in [0.4, 0.5) is 10.5 Å². The third-order valence-corrected chi connectivity index (χ3v) is 3.76. The Hall–Kier alpha value is -2.82. The van der Waals surface area contributed by atoms with E-state index in [4.69, 9.17) is 0 Å². The normalized spacial score (nSPS) is 10.1. The zero-order chi connectivity index (χ0) is 17.9. The van der Waals surface area contributed by atoms with Gasteiger partial charge in [0, 0.05) is 12.2 Å². The molecule has 0 aliphatic rings. The summed E-state index contributed by atoms with van der Waals surface area (Å²) in [6.07, 6.45) is 2.67. The van der Waals surface area contributed by atoms with Crippen molar-refractivity contribution in [2.45, 2.75) is 26.2 Å². The van der Waals surface area contributed by atoms with Crippen molar-refractivity contribution in [2.24, 2.45) is 0 Å². The SMILES string of the molecule is CCCCNC(=O)NC(=O)CNc1ccccc1Cc1ccccc1. The van der Waals surface area contributed by atoms with Crippen molar-refractivity contribution in [2.75, 3.05) is 18.4 Å². The van der Waals surface area contributed by atoms with Crippen LogP contribution in [0.25, 0.3) is 0 Å². The van der Waals surface area contributed by atoms with Gasteiger partial charge in [0.15, 0.2) is 0 Å². The van der Waals surface area contributed by atoms with E-state index in [0.717, 1.165) is 30.5 Å². The molecule has 0 radical (unpaired) electrons. The van der Waals surface area contributed by atoms with Gasteiger partial charge in [-0.15, -0.1) is 0 Å². The van der Waals surface area contributed by atoms with Gasteiger partial charge >= 0.3 is 6.03 Å². The van der Waals surface area contributed by atoms with Gasteiger partial charge in [-0.25, -0.2) is 4.79 Å². The van der Waals surface area contributed by atoms with Crippen molar-refractivity contribution < 1.29 is 9.59 Å². The van der Waals surface area contributed by atoms with Crippen molar-refractivity contribution in [1.29, 1.82) is 0 Å². The molecule has 2 rings (SSSR count). The fourth-order valence-electron chi connectivity index (χ4n) is 2.43. The maximum Gasteiger partial charge on any atom is 0.321 e. The van der Waals surface area contributed by atoms with Crippen LogP contribution in [0.3, 0.4) is 0 Å². The van der Waals surface area contributed by atoms with E-state index in [-0.39, 0.29) is 12.5 Å². The lowest BCUT2D eigenvalue weighted by Crippen LogP contribution is -2.42. The highest BCUT2D eigenvalue weighted by Gasteiger charge is 2.08. The molecule has 0 saturated carbocycles. The third kappa shape index (κ3) is 6.67. The van der Waals surface area contributed by atoms with Crippen LogP contribution in [0.1, 0.15) is 30.9 Å². The zero-order valence-electron chi connectivity index (χ0n) is 14.5. The van der Waals surface area contributed by atoms with Gasteiger partial charge in [0.1, 0.15) is 0 Å². The summed E-state index contributed by atoms with van der Waals surface area (Å²) < 4.78 is 0. The molecule has 0 bridgehead atoms. The molecule has 2 aromatic rings. The highest BCUT2D eigenvalue weighted by atomic mass is 16.2. The summed E-state index contributed by atoms with van der Waals surface area (Å²) in [6.45, 7) is 2.66. The van der Waals surface area contributed by atoms with Gasteiger partial charge in [0.25, 0.3) is 0 Å². The second kappa shape index (κ2) is 10.1. The molecule has 25 heavy (non-hydrogen) atoms. The van der Waals surface area contributed by atoms with Gasteiger partial charge in [-0.2, -0.15) is 0 Å². The second-order valence-corrected chi connectivity index (χ2v) is 5.83. The number of hydrogen-bond acceptors (Lipinski definition) is 3. The van der Waals surface area contributed by atoms with Crippen LogP contribution in [-0.4, -0.2) is 25.0 Å². The summed E-state index contributed by atoms with van der Waals surface area (Å²) in [5.74, 6) is -0.358. The van der Waals surface area contributed by atoms with Crippen molar-refractivity contribution in [3.05, 3.63) is 65.7 Å². The van der Waals surface area contributed by atoms with Gasteiger partial charge in [-0.3, -0.25) is 10.1 Å². The summed E-state index contributed by atoms with van der Waals surface area (Å²) in [6, 6.07) is 17.6. The summed E-state index contributed by atoms with van der Waals surface area (Å²) in [4.78, 5) is 23.5. The van der Waals surface area contributed by atoms with Crippen LogP contribution in [0.5, 0.6) is 0 Å². The van der Waals surface area contributed by atoms with Gasteiger partial charge in [-0.1, -0.05) is 61.9 Å². The molecule has 0 aromatic heterocycles. The Balaban J connectivity index is 1.86. The minimum absolute atomic E-state index is 0.0486. The van der Waals surface area contributed by atoms with Gasteiger partial charge in [-0.05, 0) is 30.0 Å². The summed E-state index contributed by atoms with van der Waals surface area (Å²) in [5.41, 5.74) is 3.21. The minimum Gasteiger partial charge on any atom is -0.376 e. The predicted molar refractivity (Wildman–Crippen MR) is 101 cm³/mol. The van der Waals surface area contributed by atoms with Crippen LogP contribution in [0.15, 0.2) is 54.6 Å². The van der Waals surface area contributed by atoms with Crippen LogP contribution in [0, 0.1) is 0 Å². The van der Waals surface area contributed by atoms with Crippen molar-refractivity contribution >= 4 is 17.6 Å². The van der Waals surface area contributed by atoms with E-state index in [1.54, 1.807) is 0 Å². The lowest BCUT2D eigenvalue weighted by atomic mass is 10.0. The van der Waals surface area contributed by atoms with E-state index < -0.39 is 6.03 Å². The zero-order valence-corrected chi connectivity index (χ0v) is 14.5.